The lowest BCUT2D eigenvalue weighted by Crippen LogP contribution is -2.37. The van der Waals surface area contributed by atoms with Crippen molar-refractivity contribution in [3.8, 4) is 0 Å². The number of nitrogens with zero attached hydrogens (tertiary/aromatic N) is 3. The third kappa shape index (κ3) is 4.36. The van der Waals surface area contributed by atoms with E-state index in [0.29, 0.717) is 0 Å². The average Bonchev–Trinajstić information content (AvgIpc) is 2.89. The van der Waals surface area contributed by atoms with Crippen LogP contribution in [0.2, 0.25) is 0 Å². The van der Waals surface area contributed by atoms with E-state index in [-0.39, 0.29) is 0 Å². The van der Waals surface area contributed by atoms with Gasteiger partial charge in [0.1, 0.15) is 0 Å². The Kier molecular flexibility index (Phi) is 5.57. The molecule has 1 aliphatic heterocycles. The SMILES string of the molecule is COCCNCC1CCN(Cc2ncon2)CC1. The Morgan fingerprint density at radius 3 is 3.00 bits per heavy atom. The molecular weight excluding hydrogens is 232 g/mol. The summed E-state index contributed by atoms with van der Waals surface area (Å²) in [7, 11) is 1.73. The van der Waals surface area contributed by atoms with Crippen LogP contribution in [0.15, 0.2) is 10.9 Å². The van der Waals surface area contributed by atoms with Crippen molar-refractivity contribution >= 4 is 0 Å². The number of hydrogen-bond donors (Lipinski definition) is 1. The van der Waals surface area contributed by atoms with Gasteiger partial charge in [-0.25, -0.2) is 0 Å². The van der Waals surface area contributed by atoms with Crippen LogP contribution in [0.25, 0.3) is 0 Å². The van der Waals surface area contributed by atoms with Crippen LogP contribution in [-0.4, -0.2) is 54.9 Å². The minimum Gasteiger partial charge on any atom is -0.383 e. The molecule has 2 heterocycles. The second kappa shape index (κ2) is 7.45. The fraction of sp³-hybridized carbons (Fsp3) is 0.833. The van der Waals surface area contributed by atoms with Gasteiger partial charge in [0.2, 0.25) is 6.39 Å². The second-order valence-electron chi connectivity index (χ2n) is 4.76. The fourth-order valence-electron chi connectivity index (χ4n) is 2.29. The molecule has 1 fully saturated rings. The third-order valence-corrected chi connectivity index (χ3v) is 3.40. The van der Waals surface area contributed by atoms with E-state index >= 15 is 0 Å². The zero-order valence-corrected chi connectivity index (χ0v) is 11.0. The number of likely N-dealkylation sites (tertiary alicyclic amines) is 1. The van der Waals surface area contributed by atoms with E-state index in [1.165, 1.54) is 19.2 Å². The maximum Gasteiger partial charge on any atom is 0.213 e. The minimum atomic E-state index is 0.781. The Morgan fingerprint density at radius 2 is 2.33 bits per heavy atom. The maximum atomic E-state index is 5.01. The van der Waals surface area contributed by atoms with E-state index in [4.69, 9.17) is 9.26 Å². The summed E-state index contributed by atoms with van der Waals surface area (Å²) >= 11 is 0. The Bertz CT molecular complexity index is 310. The van der Waals surface area contributed by atoms with Crippen molar-refractivity contribution < 1.29 is 9.26 Å². The van der Waals surface area contributed by atoms with Crippen LogP contribution < -0.4 is 5.32 Å². The topological polar surface area (TPSA) is 63.4 Å². The Hall–Kier alpha value is -0.980. The third-order valence-electron chi connectivity index (χ3n) is 3.40. The molecule has 0 aromatic carbocycles. The summed E-state index contributed by atoms with van der Waals surface area (Å²) in [5, 5.41) is 7.28. The van der Waals surface area contributed by atoms with E-state index in [9.17, 15) is 0 Å². The molecule has 1 aromatic rings. The maximum absolute atomic E-state index is 5.01. The summed E-state index contributed by atoms with van der Waals surface area (Å²) in [5.41, 5.74) is 0. The van der Waals surface area contributed by atoms with Crippen LogP contribution in [0, 0.1) is 5.92 Å². The summed E-state index contributed by atoms with van der Waals surface area (Å²) in [4.78, 5) is 6.44. The Balaban J connectivity index is 1.59. The summed E-state index contributed by atoms with van der Waals surface area (Å²) in [6.45, 7) is 5.87. The smallest absolute Gasteiger partial charge is 0.213 e. The number of nitrogens with one attached hydrogen (secondary N) is 1. The zero-order valence-electron chi connectivity index (χ0n) is 11.0. The molecular formula is C12H22N4O2. The largest absolute Gasteiger partial charge is 0.383 e. The van der Waals surface area contributed by atoms with E-state index in [1.807, 2.05) is 0 Å². The number of hydrogen-bond acceptors (Lipinski definition) is 6. The number of methoxy groups -OCH3 is 1. The molecule has 0 radical (unpaired) electrons. The molecule has 6 nitrogen and oxygen atoms in total. The zero-order chi connectivity index (χ0) is 12.6. The van der Waals surface area contributed by atoms with Gasteiger partial charge in [-0.05, 0) is 38.4 Å². The van der Waals surface area contributed by atoms with Gasteiger partial charge in [0.15, 0.2) is 5.82 Å². The van der Waals surface area contributed by atoms with E-state index in [2.05, 4.69) is 20.4 Å². The highest BCUT2D eigenvalue weighted by Crippen LogP contribution is 2.17. The first-order chi connectivity index (χ1) is 8.88. The van der Waals surface area contributed by atoms with Gasteiger partial charge in [0.05, 0.1) is 13.2 Å². The molecule has 102 valence electrons. The lowest BCUT2D eigenvalue weighted by atomic mass is 9.97. The van der Waals surface area contributed by atoms with Crippen molar-refractivity contribution in [2.75, 3.05) is 39.9 Å². The molecule has 1 saturated heterocycles. The van der Waals surface area contributed by atoms with E-state index in [0.717, 1.165) is 51.1 Å². The van der Waals surface area contributed by atoms with Gasteiger partial charge in [-0.1, -0.05) is 5.16 Å². The van der Waals surface area contributed by atoms with Gasteiger partial charge in [0.25, 0.3) is 0 Å². The summed E-state index contributed by atoms with van der Waals surface area (Å²) in [5.74, 6) is 1.56. The molecule has 0 aliphatic carbocycles. The lowest BCUT2D eigenvalue weighted by molar-refractivity contribution is 0.164. The summed E-state index contributed by atoms with van der Waals surface area (Å²) in [6, 6.07) is 0. The highest BCUT2D eigenvalue weighted by atomic mass is 16.5. The van der Waals surface area contributed by atoms with Gasteiger partial charge in [-0.3, -0.25) is 4.90 Å². The van der Waals surface area contributed by atoms with Crippen LogP contribution in [0.5, 0.6) is 0 Å². The van der Waals surface area contributed by atoms with Gasteiger partial charge >= 0.3 is 0 Å². The minimum absolute atomic E-state index is 0.781. The standard InChI is InChI=1S/C12H22N4O2/c1-17-7-4-13-8-11-2-5-16(6-3-11)9-12-14-10-18-15-12/h10-11,13H,2-9H2,1H3. The lowest BCUT2D eigenvalue weighted by Gasteiger charge is -2.31. The monoisotopic (exact) mass is 254 g/mol. The Morgan fingerprint density at radius 1 is 1.50 bits per heavy atom. The molecule has 0 unspecified atom stereocenters. The normalized spacial score (nSPS) is 18.3. The quantitative estimate of drug-likeness (QED) is 0.716. The highest BCUT2D eigenvalue weighted by Gasteiger charge is 2.19. The first-order valence-corrected chi connectivity index (χ1v) is 6.55. The number of piperidine rings is 1. The van der Waals surface area contributed by atoms with Crippen LogP contribution in [0.3, 0.4) is 0 Å². The number of aromatic nitrogens is 2. The van der Waals surface area contributed by atoms with Gasteiger partial charge in [0, 0.05) is 13.7 Å². The summed E-state index contributed by atoms with van der Waals surface area (Å²) < 4.78 is 9.76. The van der Waals surface area contributed by atoms with Crippen molar-refractivity contribution in [1.29, 1.82) is 0 Å². The van der Waals surface area contributed by atoms with Crippen molar-refractivity contribution in [2.45, 2.75) is 19.4 Å². The van der Waals surface area contributed by atoms with Crippen LogP contribution in [0.4, 0.5) is 0 Å². The van der Waals surface area contributed by atoms with Crippen molar-refractivity contribution in [3.05, 3.63) is 12.2 Å². The van der Waals surface area contributed by atoms with E-state index < -0.39 is 0 Å². The number of ether oxygens (including phenoxy) is 1. The molecule has 0 bridgehead atoms. The molecule has 0 saturated carbocycles. The van der Waals surface area contributed by atoms with E-state index in [1.54, 1.807) is 7.11 Å². The van der Waals surface area contributed by atoms with Gasteiger partial charge in [-0.15, -0.1) is 0 Å². The molecule has 1 aromatic heterocycles. The van der Waals surface area contributed by atoms with Crippen molar-refractivity contribution in [3.63, 3.8) is 0 Å². The molecule has 18 heavy (non-hydrogen) atoms. The predicted molar refractivity (Wildman–Crippen MR) is 67.0 cm³/mol. The first-order valence-electron chi connectivity index (χ1n) is 6.55. The molecule has 1 N–H and O–H groups in total. The first kappa shape index (κ1) is 13.5. The van der Waals surface area contributed by atoms with Crippen LogP contribution >= 0.6 is 0 Å². The van der Waals surface area contributed by atoms with Crippen LogP contribution in [-0.2, 0) is 11.3 Å². The second-order valence-corrected chi connectivity index (χ2v) is 4.76. The predicted octanol–water partition coefficient (Wildman–Crippen LogP) is 0.518. The molecule has 0 spiro atoms. The van der Waals surface area contributed by atoms with Gasteiger partial charge in [-0.2, -0.15) is 4.98 Å². The van der Waals surface area contributed by atoms with Crippen molar-refractivity contribution in [2.24, 2.45) is 5.92 Å². The molecule has 0 amide bonds. The molecule has 1 aliphatic rings. The molecule has 0 atom stereocenters. The average molecular weight is 254 g/mol. The number of rotatable bonds is 7. The molecule has 6 heteroatoms. The van der Waals surface area contributed by atoms with Crippen LogP contribution in [0.1, 0.15) is 18.7 Å². The van der Waals surface area contributed by atoms with Gasteiger partial charge < -0.3 is 14.6 Å². The highest BCUT2D eigenvalue weighted by molar-refractivity contribution is 4.81. The van der Waals surface area contributed by atoms with Crippen molar-refractivity contribution in [1.82, 2.24) is 20.4 Å². The summed E-state index contributed by atoms with van der Waals surface area (Å²) in [6.07, 6.45) is 3.86. The fourth-order valence-corrected chi connectivity index (χ4v) is 2.29. The molecule has 2 rings (SSSR count). The Labute approximate surface area is 108 Å².